The van der Waals surface area contributed by atoms with Crippen molar-refractivity contribution in [3.8, 4) is 0 Å². The minimum atomic E-state index is -3.18. The molecule has 6 heteroatoms. The van der Waals surface area contributed by atoms with Gasteiger partial charge in [0, 0.05) is 31.7 Å². The van der Waals surface area contributed by atoms with Crippen molar-refractivity contribution in [1.82, 2.24) is 9.21 Å². The molecule has 1 amide bonds. The second kappa shape index (κ2) is 7.87. The Labute approximate surface area is 151 Å². The lowest BCUT2D eigenvalue weighted by atomic mass is 9.90. The van der Waals surface area contributed by atoms with Gasteiger partial charge in [0.15, 0.2) is 0 Å². The van der Waals surface area contributed by atoms with Crippen LogP contribution in [0.1, 0.15) is 54.1 Å². The van der Waals surface area contributed by atoms with Crippen LogP contribution in [-0.2, 0) is 22.9 Å². The zero-order chi connectivity index (χ0) is 17.9. The van der Waals surface area contributed by atoms with Crippen LogP contribution in [0.4, 0.5) is 0 Å². The van der Waals surface area contributed by atoms with Crippen LogP contribution in [0.3, 0.4) is 0 Å². The van der Waals surface area contributed by atoms with Crippen LogP contribution in [0.25, 0.3) is 0 Å². The molecule has 0 radical (unpaired) electrons. The van der Waals surface area contributed by atoms with E-state index >= 15 is 0 Å². The lowest BCUT2D eigenvalue weighted by Gasteiger charge is -2.34. The van der Waals surface area contributed by atoms with Gasteiger partial charge in [-0.2, -0.15) is 4.31 Å². The number of benzene rings is 1. The van der Waals surface area contributed by atoms with Crippen LogP contribution in [0, 0.1) is 0 Å². The molecule has 1 heterocycles. The fraction of sp³-hybridized carbons (Fsp3) is 0.632. The van der Waals surface area contributed by atoms with Gasteiger partial charge in [-0.1, -0.05) is 19.4 Å². The first-order chi connectivity index (χ1) is 12.0. The lowest BCUT2D eigenvalue weighted by Crippen LogP contribution is -2.51. The minimum Gasteiger partial charge on any atom is -0.336 e. The van der Waals surface area contributed by atoms with E-state index in [4.69, 9.17) is 0 Å². The molecule has 0 atom stereocenters. The number of rotatable bonds is 5. The quantitative estimate of drug-likeness (QED) is 0.806. The number of hydrogen-bond acceptors (Lipinski definition) is 3. The van der Waals surface area contributed by atoms with E-state index in [2.05, 4.69) is 6.07 Å². The van der Waals surface area contributed by atoms with Gasteiger partial charge < -0.3 is 4.90 Å². The number of nitrogens with zero attached hydrogens (tertiary/aromatic N) is 2. The minimum absolute atomic E-state index is 0.0268. The molecule has 5 nitrogen and oxygen atoms in total. The van der Waals surface area contributed by atoms with Crippen LogP contribution in [-0.4, -0.2) is 55.5 Å². The number of carbonyl (C=O) groups is 1. The Bertz CT molecular complexity index is 722. The van der Waals surface area contributed by atoms with Gasteiger partial charge >= 0.3 is 0 Å². The molecule has 1 aliphatic heterocycles. The maximum absolute atomic E-state index is 12.8. The Morgan fingerprint density at radius 2 is 1.72 bits per heavy atom. The number of sulfonamides is 1. The third-order valence-corrected chi connectivity index (χ3v) is 7.23. The Morgan fingerprint density at radius 3 is 2.40 bits per heavy atom. The first kappa shape index (κ1) is 18.4. The number of piperazine rings is 1. The highest BCUT2D eigenvalue weighted by Crippen LogP contribution is 2.23. The maximum atomic E-state index is 12.8. The molecule has 2 aliphatic rings. The van der Waals surface area contributed by atoms with Crippen molar-refractivity contribution >= 4 is 15.9 Å². The van der Waals surface area contributed by atoms with Crippen molar-refractivity contribution in [3.05, 3.63) is 34.9 Å². The van der Waals surface area contributed by atoms with Crippen LogP contribution < -0.4 is 0 Å². The number of aryl methyl sites for hydroxylation is 2. The van der Waals surface area contributed by atoms with Crippen LogP contribution in [0.5, 0.6) is 0 Å². The van der Waals surface area contributed by atoms with Crippen molar-refractivity contribution in [2.75, 3.05) is 31.9 Å². The molecule has 1 aliphatic carbocycles. The van der Waals surface area contributed by atoms with Crippen molar-refractivity contribution < 1.29 is 13.2 Å². The van der Waals surface area contributed by atoms with E-state index in [1.54, 1.807) is 9.21 Å². The summed E-state index contributed by atoms with van der Waals surface area (Å²) in [6.07, 6.45) is 6.15. The summed E-state index contributed by atoms with van der Waals surface area (Å²) in [6, 6.07) is 6.06. The largest absolute Gasteiger partial charge is 0.336 e. The molecule has 0 saturated carbocycles. The monoisotopic (exact) mass is 364 g/mol. The summed E-state index contributed by atoms with van der Waals surface area (Å²) in [6.45, 7) is 3.75. The molecular formula is C19H28N2O3S. The second-order valence-corrected chi connectivity index (χ2v) is 9.14. The average molecular weight is 365 g/mol. The molecular weight excluding hydrogens is 336 g/mol. The fourth-order valence-corrected chi connectivity index (χ4v) is 5.31. The predicted molar refractivity (Wildman–Crippen MR) is 99.3 cm³/mol. The fourth-order valence-electron chi connectivity index (χ4n) is 3.67. The average Bonchev–Trinajstić information content (AvgIpc) is 2.65. The summed E-state index contributed by atoms with van der Waals surface area (Å²) in [7, 11) is -3.18. The van der Waals surface area contributed by atoms with E-state index in [0.29, 0.717) is 32.6 Å². The number of unbranched alkanes of at least 4 members (excludes halogenated alkanes) is 1. The molecule has 0 spiro atoms. The summed E-state index contributed by atoms with van der Waals surface area (Å²) in [5.74, 6) is 0.237. The molecule has 1 fully saturated rings. The van der Waals surface area contributed by atoms with Crippen molar-refractivity contribution in [2.45, 2.75) is 45.4 Å². The highest BCUT2D eigenvalue weighted by Gasteiger charge is 2.29. The Balaban J connectivity index is 1.62. The Morgan fingerprint density at radius 1 is 1.04 bits per heavy atom. The van der Waals surface area contributed by atoms with Crippen molar-refractivity contribution in [1.29, 1.82) is 0 Å². The summed E-state index contributed by atoms with van der Waals surface area (Å²) in [5.41, 5.74) is 3.41. The van der Waals surface area contributed by atoms with E-state index in [1.165, 1.54) is 24.0 Å². The highest BCUT2D eigenvalue weighted by molar-refractivity contribution is 7.89. The summed E-state index contributed by atoms with van der Waals surface area (Å²) in [4.78, 5) is 14.6. The van der Waals surface area contributed by atoms with E-state index in [9.17, 15) is 13.2 Å². The van der Waals surface area contributed by atoms with Gasteiger partial charge in [-0.25, -0.2) is 8.42 Å². The Hall–Kier alpha value is -1.40. The normalized spacial score (nSPS) is 18.8. The van der Waals surface area contributed by atoms with E-state index in [1.807, 2.05) is 19.1 Å². The Kier molecular flexibility index (Phi) is 5.79. The summed E-state index contributed by atoms with van der Waals surface area (Å²) >= 11 is 0. The predicted octanol–water partition coefficient (Wildman–Crippen LogP) is 2.45. The SMILES string of the molecule is CCCCS(=O)(=O)N1CCN(C(=O)c2ccc3c(c2)CCCC3)CC1. The van der Waals surface area contributed by atoms with Crippen LogP contribution in [0.2, 0.25) is 0 Å². The number of hydrogen-bond donors (Lipinski definition) is 0. The molecule has 3 rings (SSSR count). The zero-order valence-corrected chi connectivity index (χ0v) is 15.9. The van der Waals surface area contributed by atoms with E-state index in [0.717, 1.165) is 24.8 Å². The first-order valence-corrected chi connectivity index (χ1v) is 11.0. The number of fused-ring (bicyclic) bond motifs is 1. The topological polar surface area (TPSA) is 57.7 Å². The molecule has 1 saturated heterocycles. The smallest absolute Gasteiger partial charge is 0.253 e. The van der Waals surface area contributed by atoms with E-state index < -0.39 is 10.0 Å². The molecule has 0 N–H and O–H groups in total. The molecule has 0 bridgehead atoms. The number of carbonyl (C=O) groups excluding carboxylic acids is 1. The third kappa shape index (κ3) is 4.23. The van der Waals surface area contributed by atoms with Crippen LogP contribution >= 0.6 is 0 Å². The van der Waals surface area contributed by atoms with Gasteiger partial charge in [-0.3, -0.25) is 4.79 Å². The first-order valence-electron chi connectivity index (χ1n) is 9.40. The second-order valence-electron chi connectivity index (χ2n) is 7.05. The standard InChI is InChI=1S/C19H28N2O3S/c1-2-3-14-25(23,24)21-12-10-20(11-13-21)19(22)18-9-8-16-6-4-5-7-17(16)15-18/h8-9,15H,2-7,10-14H2,1H3. The lowest BCUT2D eigenvalue weighted by molar-refractivity contribution is 0.0697. The highest BCUT2D eigenvalue weighted by atomic mass is 32.2. The molecule has 1 aromatic rings. The van der Waals surface area contributed by atoms with Gasteiger partial charge in [0.2, 0.25) is 10.0 Å². The summed E-state index contributed by atoms with van der Waals surface area (Å²) < 4.78 is 26.1. The van der Waals surface area contributed by atoms with Crippen LogP contribution in [0.15, 0.2) is 18.2 Å². The van der Waals surface area contributed by atoms with Gasteiger partial charge in [0.25, 0.3) is 5.91 Å². The van der Waals surface area contributed by atoms with Crippen molar-refractivity contribution in [2.24, 2.45) is 0 Å². The number of amides is 1. The molecule has 1 aromatic carbocycles. The molecule has 0 aromatic heterocycles. The molecule has 138 valence electrons. The van der Waals surface area contributed by atoms with Gasteiger partial charge in [0.05, 0.1) is 5.75 Å². The zero-order valence-electron chi connectivity index (χ0n) is 15.0. The maximum Gasteiger partial charge on any atom is 0.253 e. The van der Waals surface area contributed by atoms with E-state index in [-0.39, 0.29) is 11.7 Å². The molecule has 0 unspecified atom stereocenters. The van der Waals surface area contributed by atoms with Gasteiger partial charge in [0.1, 0.15) is 0 Å². The van der Waals surface area contributed by atoms with Gasteiger partial charge in [-0.05, 0) is 55.4 Å². The van der Waals surface area contributed by atoms with Gasteiger partial charge in [-0.15, -0.1) is 0 Å². The third-order valence-electron chi connectivity index (χ3n) is 5.27. The molecule has 25 heavy (non-hydrogen) atoms. The summed E-state index contributed by atoms with van der Waals surface area (Å²) in [5, 5.41) is 0. The van der Waals surface area contributed by atoms with Crippen molar-refractivity contribution in [3.63, 3.8) is 0 Å².